The van der Waals surface area contributed by atoms with Gasteiger partial charge in [0.15, 0.2) is 11.6 Å². The second-order valence-corrected chi connectivity index (χ2v) is 3.69. The molecule has 0 fully saturated rings. The number of hydrogen-bond donors (Lipinski definition) is 0. The van der Waals surface area contributed by atoms with E-state index in [4.69, 9.17) is 0 Å². The second-order valence-electron chi connectivity index (χ2n) is 3.69. The van der Waals surface area contributed by atoms with Crippen LogP contribution in [0.1, 0.15) is 22.3 Å². The molecule has 0 atom stereocenters. The number of benzene rings is 1. The molecule has 0 radical (unpaired) electrons. The third kappa shape index (κ3) is 0.988. The smallest absolute Gasteiger partial charge is 0.194 e. The summed E-state index contributed by atoms with van der Waals surface area (Å²) in [5, 5.41) is 0. The van der Waals surface area contributed by atoms with E-state index in [0.717, 1.165) is 5.56 Å². The molecule has 0 aliphatic heterocycles. The summed E-state index contributed by atoms with van der Waals surface area (Å²) in [4.78, 5) is 23.6. The first kappa shape index (κ1) is 8.36. The molecular weight excluding hydrogens is 188 g/mol. The van der Waals surface area contributed by atoms with Crippen LogP contribution in [0.4, 0.5) is 0 Å². The van der Waals surface area contributed by atoms with E-state index in [1.165, 1.54) is 0 Å². The quantitative estimate of drug-likeness (QED) is 0.637. The maximum Gasteiger partial charge on any atom is 0.194 e. The van der Waals surface area contributed by atoms with E-state index in [-0.39, 0.29) is 11.6 Å². The number of hydrogen-bond acceptors (Lipinski definition) is 2. The number of ketones is 2. The third-order valence-corrected chi connectivity index (χ3v) is 2.82. The number of carbonyl (C=O) groups is 2. The average Bonchev–Trinajstić information content (AvgIpc) is 2.55. The van der Waals surface area contributed by atoms with Gasteiger partial charge in [-0.15, -0.1) is 0 Å². The van der Waals surface area contributed by atoms with Gasteiger partial charge in [0, 0.05) is 23.1 Å². The van der Waals surface area contributed by atoms with Crippen LogP contribution in [-0.4, -0.2) is 11.6 Å². The Labute approximate surface area is 86.9 Å². The van der Waals surface area contributed by atoms with Crippen molar-refractivity contribution < 1.29 is 9.59 Å². The monoisotopic (exact) mass is 196 g/mol. The fourth-order valence-corrected chi connectivity index (χ4v) is 2.15. The lowest BCUT2D eigenvalue weighted by Crippen LogP contribution is -2.04. The van der Waals surface area contributed by atoms with Crippen LogP contribution < -0.4 is 0 Å². The van der Waals surface area contributed by atoms with E-state index in [9.17, 15) is 9.59 Å². The van der Waals surface area contributed by atoms with Gasteiger partial charge in [-0.2, -0.15) is 0 Å². The molecule has 0 N–H and O–H groups in total. The molecule has 3 rings (SSSR count). The molecule has 2 aliphatic rings. The zero-order chi connectivity index (χ0) is 10.4. The minimum atomic E-state index is -0.0232. The first-order valence-corrected chi connectivity index (χ1v) is 4.87. The summed E-state index contributed by atoms with van der Waals surface area (Å²) in [7, 11) is 0. The van der Waals surface area contributed by atoms with Gasteiger partial charge >= 0.3 is 0 Å². The van der Waals surface area contributed by atoms with Gasteiger partial charge in [0.05, 0.1) is 0 Å². The maximum absolute atomic E-state index is 11.9. The van der Waals surface area contributed by atoms with Crippen LogP contribution in [0.15, 0.2) is 42.0 Å². The minimum absolute atomic E-state index is 0.0232. The molecule has 0 saturated carbocycles. The highest BCUT2D eigenvalue weighted by atomic mass is 16.1. The van der Waals surface area contributed by atoms with Crippen LogP contribution in [0.2, 0.25) is 0 Å². The Morgan fingerprint density at radius 1 is 1.00 bits per heavy atom. The number of Topliss-reactive ketones (excluding diaryl/α,β-unsaturated/α-hetero) is 2. The predicted octanol–water partition coefficient (Wildman–Crippen LogP) is 2.17. The van der Waals surface area contributed by atoms with Crippen LogP contribution >= 0.6 is 0 Å². The van der Waals surface area contributed by atoms with E-state index in [1.54, 1.807) is 18.2 Å². The lowest BCUT2D eigenvalue weighted by Gasteiger charge is -2.06. The van der Waals surface area contributed by atoms with Crippen molar-refractivity contribution in [2.24, 2.45) is 0 Å². The molecule has 1 aromatic rings. The van der Waals surface area contributed by atoms with Crippen LogP contribution in [0.5, 0.6) is 0 Å². The summed E-state index contributed by atoms with van der Waals surface area (Å²) in [6, 6.07) is 7.29. The molecule has 0 unspecified atom stereocenters. The van der Waals surface area contributed by atoms with Crippen molar-refractivity contribution in [2.75, 3.05) is 0 Å². The Bertz CT molecular complexity index is 547. The zero-order valence-electron chi connectivity index (χ0n) is 7.99. The highest BCUT2D eigenvalue weighted by molar-refractivity contribution is 6.37. The Morgan fingerprint density at radius 2 is 1.73 bits per heavy atom. The first-order chi connectivity index (χ1) is 7.29. The Morgan fingerprint density at radius 3 is 2.53 bits per heavy atom. The van der Waals surface area contributed by atoms with Gasteiger partial charge in [-0.25, -0.2) is 0 Å². The summed E-state index contributed by atoms with van der Waals surface area (Å²) in [6.45, 7) is 0. The number of rotatable bonds is 0. The highest BCUT2D eigenvalue weighted by Gasteiger charge is 2.32. The number of allylic oxidation sites excluding steroid dienone is 4. The first-order valence-electron chi connectivity index (χ1n) is 4.87. The SMILES string of the molecule is O=C1CC=CC2=C1c1ccccc1C2=O. The van der Waals surface area contributed by atoms with Gasteiger partial charge in [0.25, 0.3) is 0 Å². The van der Waals surface area contributed by atoms with Crippen LogP contribution in [-0.2, 0) is 4.79 Å². The molecule has 0 spiro atoms. The Hall–Kier alpha value is -1.96. The minimum Gasteiger partial charge on any atom is -0.294 e. The van der Waals surface area contributed by atoms with Crippen molar-refractivity contribution in [2.45, 2.75) is 6.42 Å². The number of carbonyl (C=O) groups excluding carboxylic acids is 2. The molecule has 72 valence electrons. The molecule has 1 aromatic carbocycles. The van der Waals surface area contributed by atoms with Gasteiger partial charge in [0.2, 0.25) is 0 Å². The molecule has 0 amide bonds. The molecule has 2 nitrogen and oxygen atoms in total. The van der Waals surface area contributed by atoms with Crippen molar-refractivity contribution in [1.82, 2.24) is 0 Å². The van der Waals surface area contributed by atoms with Crippen molar-refractivity contribution in [3.63, 3.8) is 0 Å². The topological polar surface area (TPSA) is 34.1 Å². The van der Waals surface area contributed by atoms with Crippen molar-refractivity contribution in [3.05, 3.63) is 53.1 Å². The third-order valence-electron chi connectivity index (χ3n) is 2.82. The Balaban J connectivity index is 2.33. The summed E-state index contributed by atoms with van der Waals surface area (Å²) >= 11 is 0. The van der Waals surface area contributed by atoms with Crippen LogP contribution in [0.25, 0.3) is 5.57 Å². The summed E-state index contributed by atoms with van der Waals surface area (Å²) < 4.78 is 0. The summed E-state index contributed by atoms with van der Waals surface area (Å²) in [5.41, 5.74) is 2.62. The van der Waals surface area contributed by atoms with Gasteiger partial charge in [-0.05, 0) is 5.56 Å². The Kier molecular flexibility index (Phi) is 1.54. The van der Waals surface area contributed by atoms with Crippen molar-refractivity contribution >= 4 is 17.1 Å². The van der Waals surface area contributed by atoms with Crippen molar-refractivity contribution in [1.29, 1.82) is 0 Å². The van der Waals surface area contributed by atoms with Crippen LogP contribution in [0.3, 0.4) is 0 Å². The zero-order valence-corrected chi connectivity index (χ0v) is 7.99. The van der Waals surface area contributed by atoms with Gasteiger partial charge in [-0.3, -0.25) is 9.59 Å². The van der Waals surface area contributed by atoms with Crippen LogP contribution in [0, 0.1) is 0 Å². The second kappa shape index (κ2) is 2.76. The largest absolute Gasteiger partial charge is 0.294 e. The predicted molar refractivity (Wildman–Crippen MR) is 56.5 cm³/mol. The van der Waals surface area contributed by atoms with Gasteiger partial charge < -0.3 is 0 Å². The maximum atomic E-state index is 11.9. The van der Waals surface area contributed by atoms with E-state index in [1.807, 2.05) is 18.2 Å². The van der Waals surface area contributed by atoms with E-state index >= 15 is 0 Å². The van der Waals surface area contributed by atoms with E-state index in [2.05, 4.69) is 0 Å². The highest BCUT2D eigenvalue weighted by Crippen LogP contribution is 2.36. The summed E-state index contributed by atoms with van der Waals surface area (Å²) in [6.07, 6.45) is 3.92. The van der Waals surface area contributed by atoms with E-state index in [0.29, 0.717) is 23.1 Å². The molecule has 0 aromatic heterocycles. The molecule has 0 saturated heterocycles. The fraction of sp³-hybridized carbons (Fsp3) is 0.0769. The molecule has 2 heteroatoms. The molecule has 15 heavy (non-hydrogen) atoms. The standard InChI is InChI=1S/C13H8O2/c14-11-7-3-6-10-12(11)8-4-1-2-5-9(8)13(10)15/h1-6H,7H2. The lowest BCUT2D eigenvalue weighted by atomic mass is 9.96. The molecule has 2 aliphatic carbocycles. The van der Waals surface area contributed by atoms with E-state index < -0.39 is 0 Å². The van der Waals surface area contributed by atoms with Gasteiger partial charge in [-0.1, -0.05) is 36.4 Å². The fourth-order valence-electron chi connectivity index (χ4n) is 2.15. The molecule has 0 bridgehead atoms. The molecule has 0 heterocycles. The van der Waals surface area contributed by atoms with Gasteiger partial charge in [0.1, 0.15) is 0 Å². The van der Waals surface area contributed by atoms with Crippen molar-refractivity contribution in [3.8, 4) is 0 Å². The summed E-state index contributed by atoms with van der Waals surface area (Å²) in [5.74, 6) is 0.0238. The average molecular weight is 196 g/mol. The normalized spacial score (nSPS) is 18.1. The lowest BCUT2D eigenvalue weighted by molar-refractivity contribution is -0.113. The number of fused-ring (bicyclic) bond motifs is 2. The molecular formula is C13H8O2.